The zero-order valence-corrected chi connectivity index (χ0v) is 13.5. The van der Waals surface area contributed by atoms with Gasteiger partial charge in [0.15, 0.2) is 6.61 Å². The summed E-state index contributed by atoms with van der Waals surface area (Å²) in [5, 5.41) is 3.17. The van der Waals surface area contributed by atoms with Crippen LogP contribution in [0.5, 0.6) is 11.5 Å². The lowest BCUT2D eigenvalue weighted by molar-refractivity contribution is -0.132. The average molecular weight is 306 g/mol. The van der Waals surface area contributed by atoms with E-state index in [1.807, 2.05) is 36.2 Å². The first-order chi connectivity index (χ1) is 10.7. The summed E-state index contributed by atoms with van der Waals surface area (Å²) in [6.07, 6.45) is 2.05. The van der Waals surface area contributed by atoms with Gasteiger partial charge in [0.05, 0.1) is 6.61 Å². The van der Waals surface area contributed by atoms with Gasteiger partial charge >= 0.3 is 0 Å². The molecule has 0 aromatic heterocycles. The second-order valence-electron chi connectivity index (χ2n) is 5.66. The third-order valence-electron chi connectivity index (χ3n) is 3.79. The summed E-state index contributed by atoms with van der Waals surface area (Å²) in [6.45, 7) is 5.50. The zero-order chi connectivity index (χ0) is 15.8. The van der Waals surface area contributed by atoms with E-state index in [9.17, 15) is 4.79 Å². The third-order valence-corrected chi connectivity index (χ3v) is 3.79. The van der Waals surface area contributed by atoms with E-state index in [-0.39, 0.29) is 12.5 Å². The van der Waals surface area contributed by atoms with E-state index in [0.717, 1.165) is 38.2 Å². The Morgan fingerprint density at radius 1 is 1.27 bits per heavy atom. The lowest BCUT2D eigenvalue weighted by Crippen LogP contribution is -2.34. The summed E-state index contributed by atoms with van der Waals surface area (Å²) in [5.74, 6) is 2.15. The molecule has 1 fully saturated rings. The summed E-state index contributed by atoms with van der Waals surface area (Å²) in [4.78, 5) is 14.0. The Kier molecular flexibility index (Phi) is 6.52. The summed E-state index contributed by atoms with van der Waals surface area (Å²) < 4.78 is 11.1. The highest BCUT2D eigenvalue weighted by Crippen LogP contribution is 2.19. The van der Waals surface area contributed by atoms with E-state index in [4.69, 9.17) is 9.47 Å². The van der Waals surface area contributed by atoms with Crippen molar-refractivity contribution < 1.29 is 14.3 Å². The molecule has 1 aromatic carbocycles. The van der Waals surface area contributed by atoms with Gasteiger partial charge in [-0.2, -0.15) is 0 Å². The van der Waals surface area contributed by atoms with E-state index >= 15 is 0 Å². The van der Waals surface area contributed by atoms with Crippen molar-refractivity contribution in [3.05, 3.63) is 24.3 Å². The van der Waals surface area contributed by atoms with Gasteiger partial charge in [0.1, 0.15) is 11.5 Å². The first-order valence-electron chi connectivity index (χ1n) is 8.01. The van der Waals surface area contributed by atoms with Crippen LogP contribution in [0.15, 0.2) is 24.3 Å². The normalized spacial score (nSPS) is 17.5. The maximum absolute atomic E-state index is 12.1. The number of nitrogens with one attached hydrogen (secondary N) is 1. The van der Waals surface area contributed by atoms with E-state index < -0.39 is 0 Å². The van der Waals surface area contributed by atoms with Crippen LogP contribution in [0.25, 0.3) is 0 Å². The molecule has 1 aromatic rings. The number of rotatable bonds is 8. The van der Waals surface area contributed by atoms with Crippen molar-refractivity contribution in [3.8, 4) is 11.5 Å². The fourth-order valence-corrected chi connectivity index (χ4v) is 2.60. The molecule has 0 aliphatic carbocycles. The fraction of sp³-hybridized carbons (Fsp3) is 0.588. The Morgan fingerprint density at radius 3 is 2.59 bits per heavy atom. The van der Waals surface area contributed by atoms with Crippen molar-refractivity contribution in [2.75, 3.05) is 39.9 Å². The zero-order valence-electron chi connectivity index (χ0n) is 13.5. The van der Waals surface area contributed by atoms with Gasteiger partial charge in [0.25, 0.3) is 5.91 Å². The molecule has 1 saturated heterocycles. The number of carbonyl (C=O) groups is 1. The Bertz CT molecular complexity index is 461. The number of amides is 1. The molecule has 0 radical (unpaired) electrons. The van der Waals surface area contributed by atoms with E-state index in [1.54, 1.807) is 0 Å². The van der Waals surface area contributed by atoms with Crippen molar-refractivity contribution in [1.29, 1.82) is 0 Å². The van der Waals surface area contributed by atoms with Crippen LogP contribution in [0.1, 0.15) is 19.8 Å². The molecule has 1 aliphatic rings. The molecule has 2 rings (SSSR count). The van der Waals surface area contributed by atoms with Crippen LogP contribution in [0.2, 0.25) is 0 Å². The SMILES string of the molecule is CCCOc1ccc(OCC(=O)N2CCC(CNC)C2)cc1. The van der Waals surface area contributed by atoms with Crippen LogP contribution in [0.4, 0.5) is 0 Å². The van der Waals surface area contributed by atoms with Gasteiger partial charge in [-0.05, 0) is 56.6 Å². The highest BCUT2D eigenvalue weighted by Gasteiger charge is 2.25. The number of benzene rings is 1. The Labute approximate surface area is 132 Å². The number of hydrogen-bond donors (Lipinski definition) is 1. The molecule has 1 N–H and O–H groups in total. The summed E-state index contributed by atoms with van der Waals surface area (Å²) in [7, 11) is 1.95. The largest absolute Gasteiger partial charge is 0.494 e. The van der Waals surface area contributed by atoms with Crippen LogP contribution < -0.4 is 14.8 Å². The van der Waals surface area contributed by atoms with Gasteiger partial charge in [-0.3, -0.25) is 4.79 Å². The number of ether oxygens (including phenoxy) is 2. The lowest BCUT2D eigenvalue weighted by Gasteiger charge is -2.17. The number of hydrogen-bond acceptors (Lipinski definition) is 4. The van der Waals surface area contributed by atoms with Crippen LogP contribution in [0, 0.1) is 5.92 Å². The van der Waals surface area contributed by atoms with Crippen molar-refractivity contribution in [1.82, 2.24) is 10.2 Å². The Morgan fingerprint density at radius 2 is 1.95 bits per heavy atom. The molecular weight excluding hydrogens is 280 g/mol. The molecule has 5 heteroatoms. The molecule has 0 saturated carbocycles. The van der Waals surface area contributed by atoms with Crippen molar-refractivity contribution in [2.24, 2.45) is 5.92 Å². The minimum Gasteiger partial charge on any atom is -0.494 e. The van der Waals surface area contributed by atoms with Crippen LogP contribution in [-0.2, 0) is 4.79 Å². The molecule has 22 heavy (non-hydrogen) atoms. The van der Waals surface area contributed by atoms with Gasteiger partial charge in [0, 0.05) is 13.1 Å². The molecule has 1 heterocycles. The molecule has 1 amide bonds. The van der Waals surface area contributed by atoms with Gasteiger partial charge in [-0.1, -0.05) is 6.92 Å². The fourth-order valence-electron chi connectivity index (χ4n) is 2.60. The standard InChI is InChI=1S/C17H26N2O3/c1-3-10-21-15-4-6-16(7-5-15)22-13-17(20)19-9-8-14(12-19)11-18-2/h4-7,14,18H,3,8-13H2,1-2H3. The number of carbonyl (C=O) groups excluding carboxylic acids is 1. The highest BCUT2D eigenvalue weighted by molar-refractivity contribution is 5.78. The van der Waals surface area contributed by atoms with Gasteiger partial charge < -0.3 is 19.7 Å². The second-order valence-corrected chi connectivity index (χ2v) is 5.66. The molecule has 5 nitrogen and oxygen atoms in total. The lowest BCUT2D eigenvalue weighted by atomic mass is 10.1. The van der Waals surface area contributed by atoms with Gasteiger partial charge in [0.2, 0.25) is 0 Å². The first-order valence-corrected chi connectivity index (χ1v) is 8.01. The van der Waals surface area contributed by atoms with Crippen molar-refractivity contribution in [2.45, 2.75) is 19.8 Å². The van der Waals surface area contributed by atoms with E-state index in [0.29, 0.717) is 18.3 Å². The minimum atomic E-state index is 0.0601. The van der Waals surface area contributed by atoms with Crippen LogP contribution in [0.3, 0.4) is 0 Å². The summed E-state index contributed by atoms with van der Waals surface area (Å²) in [5.41, 5.74) is 0. The molecule has 1 aliphatic heterocycles. The van der Waals surface area contributed by atoms with Crippen molar-refractivity contribution >= 4 is 5.91 Å². The molecule has 1 atom stereocenters. The minimum absolute atomic E-state index is 0.0601. The van der Waals surface area contributed by atoms with Crippen LogP contribution >= 0.6 is 0 Å². The molecule has 0 bridgehead atoms. The topological polar surface area (TPSA) is 50.8 Å². The van der Waals surface area contributed by atoms with Gasteiger partial charge in [-0.25, -0.2) is 0 Å². The molecule has 0 spiro atoms. The van der Waals surface area contributed by atoms with Crippen molar-refractivity contribution in [3.63, 3.8) is 0 Å². The Hall–Kier alpha value is -1.75. The summed E-state index contributed by atoms with van der Waals surface area (Å²) in [6, 6.07) is 7.42. The third kappa shape index (κ3) is 4.91. The predicted octanol–water partition coefficient (Wildman–Crippen LogP) is 1.92. The maximum Gasteiger partial charge on any atom is 0.260 e. The van der Waals surface area contributed by atoms with Gasteiger partial charge in [-0.15, -0.1) is 0 Å². The average Bonchev–Trinajstić information content (AvgIpc) is 3.01. The number of nitrogens with zero attached hydrogens (tertiary/aromatic N) is 1. The quantitative estimate of drug-likeness (QED) is 0.797. The van der Waals surface area contributed by atoms with E-state index in [1.165, 1.54) is 0 Å². The smallest absolute Gasteiger partial charge is 0.260 e. The number of likely N-dealkylation sites (tertiary alicyclic amines) is 1. The molecule has 1 unspecified atom stereocenters. The second kappa shape index (κ2) is 8.63. The van der Waals surface area contributed by atoms with Crippen LogP contribution in [-0.4, -0.2) is 50.7 Å². The first kappa shape index (κ1) is 16.6. The molecule has 122 valence electrons. The molecular formula is C17H26N2O3. The highest BCUT2D eigenvalue weighted by atomic mass is 16.5. The predicted molar refractivity (Wildman–Crippen MR) is 86.3 cm³/mol. The van der Waals surface area contributed by atoms with E-state index in [2.05, 4.69) is 12.2 Å². The Balaban J connectivity index is 1.74. The monoisotopic (exact) mass is 306 g/mol. The maximum atomic E-state index is 12.1. The summed E-state index contributed by atoms with van der Waals surface area (Å²) >= 11 is 0.